The summed E-state index contributed by atoms with van der Waals surface area (Å²) in [5, 5.41) is 30.2. The second-order valence-corrected chi connectivity index (χ2v) is 12.3. The summed E-state index contributed by atoms with van der Waals surface area (Å²) in [6, 6.07) is 5.48. The molecule has 2 saturated heterocycles. The molecule has 2 aromatic rings. The van der Waals surface area contributed by atoms with Crippen LogP contribution in [-0.2, 0) is 28.8 Å². The van der Waals surface area contributed by atoms with Crippen LogP contribution in [0.2, 0.25) is 0 Å². The van der Waals surface area contributed by atoms with E-state index in [1.54, 1.807) is 0 Å². The predicted octanol–water partition coefficient (Wildman–Crippen LogP) is 0.915. The van der Waals surface area contributed by atoms with Crippen molar-refractivity contribution in [2.45, 2.75) is 5.25 Å². The summed E-state index contributed by atoms with van der Waals surface area (Å²) < 4.78 is 47.3. The molecule has 0 radical (unpaired) electrons. The van der Waals surface area contributed by atoms with E-state index in [2.05, 4.69) is 4.90 Å². The van der Waals surface area contributed by atoms with Gasteiger partial charge in [-0.25, -0.2) is 18.0 Å². The van der Waals surface area contributed by atoms with Crippen molar-refractivity contribution in [2.24, 2.45) is 0 Å². The third-order valence-corrected chi connectivity index (χ3v) is 8.40. The van der Waals surface area contributed by atoms with Crippen LogP contribution in [0.15, 0.2) is 30.3 Å². The minimum Gasteiger partial charge on any atom is -0.508 e. The average Bonchev–Trinajstić information content (AvgIpc) is 2.95. The van der Waals surface area contributed by atoms with E-state index in [-0.39, 0.29) is 29.9 Å². The average molecular weight is 609 g/mol. The summed E-state index contributed by atoms with van der Waals surface area (Å²) in [5.74, 6) is -3.34. The second kappa shape index (κ2) is 14.2. The van der Waals surface area contributed by atoms with Gasteiger partial charge in [-0.05, 0) is 35.9 Å². The van der Waals surface area contributed by atoms with Crippen LogP contribution in [0, 0.1) is 0 Å². The van der Waals surface area contributed by atoms with Gasteiger partial charge in [-0.15, -0.1) is 0 Å². The molecule has 0 aromatic heterocycles. The standard InChI is InChI=1S/C28H36N2O11S/c1-42(36,37)26(19-14-20(16-21(31)15-19)27(34)40-12-6-29-2-8-38-9-3-29)23-17-22(32)18-24(25(23)33)28(35)41-13-7-30-4-10-39-11-5-30/h14-18,26,31-33H,2-13H2,1H3. The Kier molecular flexibility index (Phi) is 10.6. The number of carbonyl (C=O) groups excluding carboxylic acids is 2. The van der Waals surface area contributed by atoms with Crippen molar-refractivity contribution in [1.82, 2.24) is 9.80 Å². The Labute approximate surface area is 244 Å². The van der Waals surface area contributed by atoms with Crippen LogP contribution in [0.4, 0.5) is 0 Å². The van der Waals surface area contributed by atoms with Gasteiger partial charge in [0.25, 0.3) is 0 Å². The molecule has 14 heteroatoms. The molecule has 1 unspecified atom stereocenters. The molecule has 0 aliphatic carbocycles. The molecular weight excluding hydrogens is 572 g/mol. The van der Waals surface area contributed by atoms with Crippen molar-refractivity contribution in [2.75, 3.05) is 85.2 Å². The first kappa shape index (κ1) is 31.5. The van der Waals surface area contributed by atoms with Crippen molar-refractivity contribution < 1.29 is 52.3 Å². The van der Waals surface area contributed by atoms with Gasteiger partial charge in [0.15, 0.2) is 9.84 Å². The Balaban J connectivity index is 1.55. The fourth-order valence-electron chi connectivity index (χ4n) is 4.90. The third-order valence-electron chi connectivity index (χ3n) is 7.02. The SMILES string of the molecule is CS(=O)(=O)C(c1cc(O)cc(C(=O)OCCN2CCOCC2)c1)c1cc(O)cc(C(=O)OCCN2CCOCC2)c1O. The summed E-state index contributed by atoms with van der Waals surface area (Å²) in [6.07, 6.45) is 0.895. The molecule has 230 valence electrons. The van der Waals surface area contributed by atoms with Gasteiger partial charge in [0.05, 0.1) is 32.0 Å². The number of esters is 2. The zero-order valence-corrected chi connectivity index (χ0v) is 24.2. The Morgan fingerprint density at radius 1 is 0.810 bits per heavy atom. The van der Waals surface area contributed by atoms with Gasteiger partial charge in [-0.3, -0.25) is 9.80 Å². The van der Waals surface area contributed by atoms with E-state index in [1.807, 2.05) is 4.90 Å². The largest absolute Gasteiger partial charge is 0.508 e. The fourth-order valence-corrected chi connectivity index (χ4v) is 6.17. The summed E-state index contributed by atoms with van der Waals surface area (Å²) in [7, 11) is -4.10. The number of aromatic hydroxyl groups is 3. The maximum atomic E-state index is 13.0. The molecule has 0 spiro atoms. The van der Waals surface area contributed by atoms with Gasteiger partial charge in [0.1, 0.15) is 41.3 Å². The molecule has 0 amide bonds. The molecule has 13 nitrogen and oxygen atoms in total. The lowest BCUT2D eigenvalue weighted by atomic mass is 9.98. The highest BCUT2D eigenvalue weighted by molar-refractivity contribution is 7.91. The number of phenolic OH excluding ortho intramolecular Hbond substituents is 3. The zero-order valence-electron chi connectivity index (χ0n) is 23.4. The number of carbonyl (C=O) groups is 2. The topological polar surface area (TPSA) is 172 Å². The Morgan fingerprint density at radius 2 is 1.33 bits per heavy atom. The minimum atomic E-state index is -4.10. The number of rotatable bonds is 11. The molecule has 2 aromatic carbocycles. The first-order valence-electron chi connectivity index (χ1n) is 13.6. The maximum Gasteiger partial charge on any atom is 0.342 e. The molecule has 2 aliphatic heterocycles. The molecule has 2 fully saturated rings. The number of hydrogen-bond donors (Lipinski definition) is 3. The van der Waals surface area contributed by atoms with Crippen LogP contribution in [0.1, 0.15) is 37.1 Å². The monoisotopic (exact) mass is 608 g/mol. The molecule has 2 aliphatic rings. The van der Waals surface area contributed by atoms with E-state index in [1.165, 1.54) is 6.07 Å². The predicted molar refractivity (Wildman–Crippen MR) is 150 cm³/mol. The van der Waals surface area contributed by atoms with Crippen LogP contribution in [0.25, 0.3) is 0 Å². The lowest BCUT2D eigenvalue weighted by Crippen LogP contribution is -2.38. The molecule has 1 atom stereocenters. The summed E-state index contributed by atoms with van der Waals surface area (Å²) in [5.41, 5.74) is -0.938. The van der Waals surface area contributed by atoms with Crippen LogP contribution in [0.3, 0.4) is 0 Å². The minimum absolute atomic E-state index is 0.00232. The Bertz CT molecular complexity index is 1370. The van der Waals surface area contributed by atoms with Gasteiger partial charge >= 0.3 is 11.9 Å². The quantitative estimate of drug-likeness (QED) is 0.243. The summed E-state index contributed by atoms with van der Waals surface area (Å²) in [6.45, 7) is 6.09. The lowest BCUT2D eigenvalue weighted by Gasteiger charge is -2.26. The van der Waals surface area contributed by atoms with E-state index in [0.29, 0.717) is 65.7 Å². The Morgan fingerprint density at radius 3 is 1.88 bits per heavy atom. The number of sulfone groups is 1. The maximum absolute atomic E-state index is 13.0. The van der Waals surface area contributed by atoms with Crippen molar-refractivity contribution in [3.63, 3.8) is 0 Å². The number of phenols is 3. The van der Waals surface area contributed by atoms with Crippen LogP contribution >= 0.6 is 0 Å². The van der Waals surface area contributed by atoms with Crippen molar-refractivity contribution >= 4 is 21.8 Å². The number of morpholine rings is 2. The van der Waals surface area contributed by atoms with E-state index >= 15 is 0 Å². The number of nitrogens with zero attached hydrogens (tertiary/aromatic N) is 2. The normalized spacial score (nSPS) is 17.5. The number of benzene rings is 2. The summed E-state index contributed by atoms with van der Waals surface area (Å²) >= 11 is 0. The smallest absolute Gasteiger partial charge is 0.342 e. The first-order valence-corrected chi connectivity index (χ1v) is 15.5. The van der Waals surface area contributed by atoms with Crippen LogP contribution < -0.4 is 0 Å². The van der Waals surface area contributed by atoms with Crippen molar-refractivity contribution in [3.05, 3.63) is 52.6 Å². The van der Waals surface area contributed by atoms with Gasteiger partial charge in [-0.2, -0.15) is 0 Å². The highest BCUT2D eigenvalue weighted by Crippen LogP contribution is 2.41. The van der Waals surface area contributed by atoms with Crippen molar-refractivity contribution in [3.8, 4) is 17.2 Å². The van der Waals surface area contributed by atoms with Crippen LogP contribution in [-0.4, -0.2) is 131 Å². The van der Waals surface area contributed by atoms with E-state index in [9.17, 15) is 33.3 Å². The number of ether oxygens (including phenoxy) is 4. The summed E-state index contributed by atoms with van der Waals surface area (Å²) in [4.78, 5) is 29.7. The number of hydrogen-bond acceptors (Lipinski definition) is 13. The molecule has 4 rings (SSSR count). The van der Waals surface area contributed by atoms with E-state index in [0.717, 1.165) is 30.5 Å². The molecular formula is C28H36N2O11S. The molecule has 0 saturated carbocycles. The lowest BCUT2D eigenvalue weighted by molar-refractivity contribution is 0.0189. The Hall–Kier alpha value is -3.43. The van der Waals surface area contributed by atoms with E-state index < -0.39 is 49.8 Å². The second-order valence-electron chi connectivity index (χ2n) is 10.1. The zero-order chi connectivity index (χ0) is 30.3. The molecule has 2 heterocycles. The highest BCUT2D eigenvalue weighted by atomic mass is 32.2. The van der Waals surface area contributed by atoms with Crippen molar-refractivity contribution in [1.29, 1.82) is 0 Å². The fraction of sp³-hybridized carbons (Fsp3) is 0.500. The van der Waals surface area contributed by atoms with E-state index in [4.69, 9.17) is 18.9 Å². The molecule has 3 N–H and O–H groups in total. The molecule has 0 bridgehead atoms. The van der Waals surface area contributed by atoms with Crippen LogP contribution in [0.5, 0.6) is 17.2 Å². The highest BCUT2D eigenvalue weighted by Gasteiger charge is 2.32. The first-order chi connectivity index (χ1) is 20.0. The van der Waals surface area contributed by atoms with Gasteiger partial charge < -0.3 is 34.3 Å². The van der Waals surface area contributed by atoms with Gasteiger partial charge in [0, 0.05) is 51.1 Å². The third kappa shape index (κ3) is 8.32. The molecule has 42 heavy (non-hydrogen) atoms. The van der Waals surface area contributed by atoms with Gasteiger partial charge in [0.2, 0.25) is 0 Å². The van der Waals surface area contributed by atoms with Gasteiger partial charge in [-0.1, -0.05) is 0 Å².